The Morgan fingerprint density at radius 3 is 2.69 bits per heavy atom. The van der Waals surface area contributed by atoms with Gasteiger partial charge in [0, 0.05) is 8.95 Å². The molecule has 1 heterocycles. The number of carbonyl (C=O) groups is 1. The van der Waals surface area contributed by atoms with Gasteiger partial charge in [-0.2, -0.15) is 0 Å². The molecule has 2 rings (SSSR count). The predicted octanol–water partition coefficient (Wildman–Crippen LogP) is 2.15. The second-order valence-electron chi connectivity index (χ2n) is 3.00. The number of nitrogens with zero attached hydrogens (tertiary/aromatic N) is 1. The first-order valence-corrected chi connectivity index (χ1v) is 5.70. The molecule has 1 aromatic carbocycles. The number of rotatable bonds is 1. The Morgan fingerprint density at radius 1 is 1.38 bits per heavy atom. The van der Waals surface area contributed by atoms with E-state index in [1.165, 1.54) is 0 Å². The van der Waals surface area contributed by atoms with Crippen LogP contribution in [0.3, 0.4) is 0 Å². The maximum absolute atomic E-state index is 11.4. The fourth-order valence-electron chi connectivity index (χ4n) is 1.26. The third-order valence-electron chi connectivity index (χ3n) is 1.92. The smallest absolute Gasteiger partial charge is 0.360 e. The Balaban J connectivity index is 2.90. The molecule has 2 aromatic rings. The number of carboxylic acid groups (broad SMARTS) is 1. The van der Waals surface area contributed by atoms with Crippen LogP contribution in [0.1, 0.15) is 10.5 Å². The summed E-state index contributed by atoms with van der Waals surface area (Å²) in [5.41, 5.74) is -0.364. The number of halogens is 2. The Bertz CT molecular complexity index is 651. The van der Waals surface area contributed by atoms with Crippen molar-refractivity contribution >= 4 is 48.9 Å². The zero-order chi connectivity index (χ0) is 11.9. The molecule has 0 atom stereocenters. The molecular formula is C9H4Br2N2O3. The van der Waals surface area contributed by atoms with Crippen LogP contribution in [0.5, 0.6) is 0 Å². The predicted molar refractivity (Wildman–Crippen MR) is 64.7 cm³/mol. The minimum absolute atomic E-state index is 0.401. The zero-order valence-corrected chi connectivity index (χ0v) is 10.8. The highest BCUT2D eigenvalue weighted by Gasteiger charge is 2.13. The van der Waals surface area contributed by atoms with Crippen LogP contribution in [0.2, 0.25) is 0 Å². The van der Waals surface area contributed by atoms with Gasteiger partial charge in [0.05, 0.1) is 11.0 Å². The highest BCUT2D eigenvalue weighted by Crippen LogP contribution is 2.25. The van der Waals surface area contributed by atoms with E-state index in [-0.39, 0.29) is 0 Å². The second-order valence-corrected chi connectivity index (χ2v) is 4.77. The average Bonchev–Trinajstić information content (AvgIpc) is 2.18. The topological polar surface area (TPSA) is 83.0 Å². The summed E-state index contributed by atoms with van der Waals surface area (Å²) < 4.78 is 1.38. The van der Waals surface area contributed by atoms with Crippen LogP contribution in [0.25, 0.3) is 11.0 Å². The lowest BCUT2D eigenvalue weighted by atomic mass is 10.3. The van der Waals surface area contributed by atoms with E-state index in [9.17, 15) is 9.59 Å². The van der Waals surface area contributed by atoms with Crippen molar-refractivity contribution in [1.29, 1.82) is 0 Å². The number of aromatic amines is 1. The van der Waals surface area contributed by atoms with E-state index in [2.05, 4.69) is 41.8 Å². The molecule has 0 fully saturated rings. The van der Waals surface area contributed by atoms with Crippen LogP contribution in [-0.4, -0.2) is 21.0 Å². The number of hydrogen-bond acceptors (Lipinski definition) is 3. The fourth-order valence-corrected chi connectivity index (χ4v) is 2.56. The number of hydrogen-bond donors (Lipinski definition) is 2. The van der Waals surface area contributed by atoms with Gasteiger partial charge >= 0.3 is 5.97 Å². The van der Waals surface area contributed by atoms with E-state index in [1.807, 2.05) is 0 Å². The highest BCUT2D eigenvalue weighted by atomic mass is 79.9. The van der Waals surface area contributed by atoms with Crippen LogP contribution in [0.4, 0.5) is 0 Å². The molecule has 0 bridgehead atoms. The lowest BCUT2D eigenvalue weighted by Gasteiger charge is -2.02. The van der Waals surface area contributed by atoms with Gasteiger partial charge < -0.3 is 10.1 Å². The van der Waals surface area contributed by atoms with Gasteiger partial charge in [-0.05, 0) is 28.1 Å². The normalized spacial score (nSPS) is 10.6. The van der Waals surface area contributed by atoms with Gasteiger partial charge in [0.25, 0.3) is 5.56 Å². The Kier molecular flexibility index (Phi) is 2.81. The van der Waals surface area contributed by atoms with Gasteiger partial charge in [0.2, 0.25) is 5.69 Å². The molecule has 0 saturated carbocycles. The van der Waals surface area contributed by atoms with E-state index in [1.54, 1.807) is 12.1 Å². The van der Waals surface area contributed by atoms with Crippen molar-refractivity contribution in [3.8, 4) is 0 Å². The molecule has 0 aliphatic carbocycles. The van der Waals surface area contributed by atoms with E-state index in [0.717, 1.165) is 4.47 Å². The summed E-state index contributed by atoms with van der Waals surface area (Å²) in [5.74, 6) is -1.35. The quantitative estimate of drug-likeness (QED) is 0.827. The van der Waals surface area contributed by atoms with Crippen LogP contribution in [0.15, 0.2) is 25.9 Å². The molecule has 16 heavy (non-hydrogen) atoms. The van der Waals surface area contributed by atoms with Crippen molar-refractivity contribution in [3.05, 3.63) is 37.1 Å². The molecule has 0 radical (unpaired) electrons. The Labute approximate surface area is 106 Å². The second kappa shape index (κ2) is 3.99. The number of fused-ring (bicyclic) bond motifs is 1. The third kappa shape index (κ3) is 1.88. The summed E-state index contributed by atoms with van der Waals surface area (Å²) in [7, 11) is 0. The zero-order valence-electron chi connectivity index (χ0n) is 7.62. The Morgan fingerprint density at radius 2 is 2.06 bits per heavy atom. The molecule has 0 saturated heterocycles. The first-order valence-electron chi connectivity index (χ1n) is 4.11. The van der Waals surface area contributed by atoms with Gasteiger partial charge in [0.15, 0.2) is 0 Å². The number of aromatic nitrogens is 2. The summed E-state index contributed by atoms with van der Waals surface area (Å²) in [6.45, 7) is 0. The standard InChI is InChI=1S/C9H4Br2N2O3/c10-3-1-4(11)6-5(2-3)12-7(9(15)16)8(14)13-6/h1-2H,(H,13,14)(H,15,16). The average molecular weight is 348 g/mol. The minimum Gasteiger partial charge on any atom is -0.476 e. The van der Waals surface area contributed by atoms with Crippen LogP contribution in [0, 0.1) is 0 Å². The van der Waals surface area contributed by atoms with Crippen molar-refractivity contribution in [2.45, 2.75) is 0 Å². The van der Waals surface area contributed by atoms with Gasteiger partial charge in [-0.25, -0.2) is 9.78 Å². The summed E-state index contributed by atoms with van der Waals surface area (Å²) in [4.78, 5) is 28.4. The molecule has 82 valence electrons. The van der Waals surface area contributed by atoms with Crippen LogP contribution < -0.4 is 5.56 Å². The number of benzene rings is 1. The maximum Gasteiger partial charge on any atom is 0.360 e. The summed E-state index contributed by atoms with van der Waals surface area (Å²) in [6.07, 6.45) is 0. The van der Waals surface area contributed by atoms with Gasteiger partial charge in [-0.3, -0.25) is 4.79 Å². The summed E-state index contributed by atoms with van der Waals surface area (Å²) in [5, 5.41) is 8.76. The highest BCUT2D eigenvalue weighted by molar-refractivity contribution is 9.11. The lowest BCUT2D eigenvalue weighted by molar-refractivity contribution is 0.0689. The molecular weight excluding hydrogens is 344 g/mol. The van der Waals surface area contributed by atoms with E-state index < -0.39 is 17.2 Å². The van der Waals surface area contributed by atoms with Crippen LogP contribution >= 0.6 is 31.9 Å². The largest absolute Gasteiger partial charge is 0.476 e. The van der Waals surface area contributed by atoms with Gasteiger partial charge in [0.1, 0.15) is 0 Å². The Hall–Kier alpha value is -1.21. The molecule has 0 amide bonds. The molecule has 5 nitrogen and oxygen atoms in total. The molecule has 7 heteroatoms. The molecule has 0 aliphatic heterocycles. The van der Waals surface area contributed by atoms with Crippen LogP contribution in [-0.2, 0) is 0 Å². The van der Waals surface area contributed by atoms with Crippen molar-refractivity contribution in [3.63, 3.8) is 0 Å². The number of carboxylic acids is 1. The molecule has 0 spiro atoms. The van der Waals surface area contributed by atoms with Gasteiger partial charge in [-0.1, -0.05) is 15.9 Å². The van der Waals surface area contributed by atoms with Crippen molar-refractivity contribution in [2.75, 3.05) is 0 Å². The molecule has 0 aliphatic rings. The molecule has 0 unspecified atom stereocenters. The van der Waals surface area contributed by atoms with Crippen molar-refractivity contribution in [1.82, 2.24) is 9.97 Å². The molecule has 1 aromatic heterocycles. The number of nitrogens with one attached hydrogen (secondary N) is 1. The minimum atomic E-state index is -1.35. The third-order valence-corrected chi connectivity index (χ3v) is 3.01. The van der Waals surface area contributed by atoms with Crippen molar-refractivity contribution < 1.29 is 9.90 Å². The summed E-state index contributed by atoms with van der Waals surface area (Å²) in [6, 6.07) is 3.36. The van der Waals surface area contributed by atoms with E-state index in [0.29, 0.717) is 15.5 Å². The first-order chi connectivity index (χ1) is 7.49. The van der Waals surface area contributed by atoms with E-state index in [4.69, 9.17) is 5.11 Å². The van der Waals surface area contributed by atoms with Crippen molar-refractivity contribution in [2.24, 2.45) is 0 Å². The van der Waals surface area contributed by atoms with Gasteiger partial charge in [-0.15, -0.1) is 0 Å². The SMILES string of the molecule is O=C(O)c1nc2cc(Br)cc(Br)c2[nH]c1=O. The number of H-pyrrole nitrogens is 1. The van der Waals surface area contributed by atoms with E-state index >= 15 is 0 Å². The molecule has 2 N–H and O–H groups in total. The monoisotopic (exact) mass is 346 g/mol. The first kappa shape index (κ1) is 11.3. The maximum atomic E-state index is 11.4. The summed E-state index contributed by atoms with van der Waals surface area (Å²) >= 11 is 6.51. The lowest BCUT2D eigenvalue weighted by Crippen LogP contribution is -2.19. The fraction of sp³-hybridized carbons (Fsp3) is 0. The number of aromatic carboxylic acids is 1.